The van der Waals surface area contributed by atoms with Gasteiger partial charge in [-0.3, -0.25) is 0 Å². The standard InChI is InChI=1S/C21H19NO2/c1-13(24-21(23)18-6-2-3-8-19(18)22)16-12-11-15-10-9-14-5-4-7-17(16)20(14)15/h2-8,11-13H,9-10,22H2,1H3. The third-order valence-electron chi connectivity index (χ3n) is 4.81. The van der Waals surface area contributed by atoms with Crippen LogP contribution in [-0.2, 0) is 17.6 Å². The van der Waals surface area contributed by atoms with Crippen LogP contribution in [0.1, 0.15) is 40.1 Å². The van der Waals surface area contributed by atoms with Crippen LogP contribution in [0.25, 0.3) is 10.8 Å². The van der Waals surface area contributed by atoms with Crippen molar-refractivity contribution in [2.24, 2.45) is 0 Å². The summed E-state index contributed by atoms with van der Waals surface area (Å²) in [6, 6.07) is 17.6. The van der Waals surface area contributed by atoms with Crippen molar-refractivity contribution in [3.05, 3.63) is 76.9 Å². The van der Waals surface area contributed by atoms with Crippen molar-refractivity contribution in [2.75, 3.05) is 5.73 Å². The molecule has 0 aliphatic heterocycles. The van der Waals surface area contributed by atoms with Gasteiger partial charge in [0.15, 0.2) is 0 Å². The number of benzene rings is 3. The number of hydrogen-bond donors (Lipinski definition) is 1. The van der Waals surface area contributed by atoms with E-state index in [2.05, 4.69) is 30.3 Å². The molecule has 0 saturated heterocycles. The van der Waals surface area contributed by atoms with E-state index in [9.17, 15) is 4.79 Å². The minimum atomic E-state index is -0.385. The second-order valence-electron chi connectivity index (χ2n) is 6.29. The van der Waals surface area contributed by atoms with Gasteiger partial charge < -0.3 is 10.5 Å². The molecular formula is C21H19NO2. The molecule has 1 aliphatic carbocycles. The molecule has 3 heteroatoms. The van der Waals surface area contributed by atoms with Crippen LogP contribution in [0.2, 0.25) is 0 Å². The lowest BCUT2D eigenvalue weighted by Gasteiger charge is -2.17. The number of esters is 1. The predicted octanol–water partition coefficient (Wildman–Crippen LogP) is 4.44. The average Bonchev–Trinajstić information content (AvgIpc) is 3.00. The molecule has 2 N–H and O–H groups in total. The van der Waals surface area contributed by atoms with Gasteiger partial charge in [-0.15, -0.1) is 0 Å². The summed E-state index contributed by atoms with van der Waals surface area (Å²) in [5, 5.41) is 2.51. The number of para-hydroxylation sites is 1. The number of rotatable bonds is 3. The Morgan fingerprint density at radius 3 is 2.54 bits per heavy atom. The van der Waals surface area contributed by atoms with E-state index in [1.807, 2.05) is 6.92 Å². The number of hydrogen-bond acceptors (Lipinski definition) is 3. The molecule has 1 aliphatic rings. The van der Waals surface area contributed by atoms with Crippen LogP contribution in [0, 0.1) is 0 Å². The van der Waals surface area contributed by atoms with Gasteiger partial charge in [0, 0.05) is 11.3 Å². The van der Waals surface area contributed by atoms with E-state index in [4.69, 9.17) is 10.5 Å². The highest BCUT2D eigenvalue weighted by molar-refractivity contribution is 5.96. The van der Waals surface area contributed by atoms with Crippen molar-refractivity contribution in [1.29, 1.82) is 0 Å². The second kappa shape index (κ2) is 5.68. The van der Waals surface area contributed by atoms with Crippen LogP contribution in [0.15, 0.2) is 54.6 Å². The highest BCUT2D eigenvalue weighted by atomic mass is 16.5. The maximum atomic E-state index is 12.4. The number of carbonyl (C=O) groups excluding carboxylic acids is 1. The van der Waals surface area contributed by atoms with Gasteiger partial charge in [0.2, 0.25) is 0 Å². The Morgan fingerprint density at radius 2 is 1.75 bits per heavy atom. The minimum Gasteiger partial charge on any atom is -0.454 e. The first-order valence-corrected chi connectivity index (χ1v) is 8.24. The minimum absolute atomic E-state index is 0.331. The van der Waals surface area contributed by atoms with Crippen LogP contribution in [0.4, 0.5) is 5.69 Å². The van der Waals surface area contributed by atoms with E-state index in [0.29, 0.717) is 11.3 Å². The first-order valence-electron chi connectivity index (χ1n) is 8.24. The quantitative estimate of drug-likeness (QED) is 0.574. The highest BCUT2D eigenvalue weighted by Crippen LogP contribution is 2.36. The zero-order valence-electron chi connectivity index (χ0n) is 13.6. The van der Waals surface area contributed by atoms with E-state index >= 15 is 0 Å². The van der Waals surface area contributed by atoms with Gasteiger partial charge in [0.1, 0.15) is 6.10 Å². The van der Waals surface area contributed by atoms with Crippen molar-refractivity contribution in [3.8, 4) is 0 Å². The monoisotopic (exact) mass is 317 g/mol. The second-order valence-corrected chi connectivity index (χ2v) is 6.29. The van der Waals surface area contributed by atoms with Crippen LogP contribution < -0.4 is 5.73 Å². The average molecular weight is 317 g/mol. The molecule has 0 fully saturated rings. The summed E-state index contributed by atoms with van der Waals surface area (Å²) in [6.07, 6.45) is 1.84. The van der Waals surface area contributed by atoms with Gasteiger partial charge in [0.05, 0.1) is 5.56 Å². The molecule has 4 rings (SSSR count). The Balaban J connectivity index is 1.69. The molecule has 1 atom stereocenters. The summed E-state index contributed by atoms with van der Waals surface area (Å²) >= 11 is 0. The van der Waals surface area contributed by atoms with Gasteiger partial charge in [-0.25, -0.2) is 4.79 Å². The van der Waals surface area contributed by atoms with E-state index < -0.39 is 0 Å². The van der Waals surface area contributed by atoms with Crippen molar-refractivity contribution < 1.29 is 9.53 Å². The number of anilines is 1. The summed E-state index contributed by atoms with van der Waals surface area (Å²) in [5.74, 6) is -0.385. The molecule has 0 saturated carbocycles. The van der Waals surface area contributed by atoms with Crippen molar-refractivity contribution in [2.45, 2.75) is 25.9 Å². The fourth-order valence-electron chi connectivity index (χ4n) is 3.59. The molecule has 3 aromatic rings. The molecule has 0 bridgehead atoms. The number of ether oxygens (including phenoxy) is 1. The lowest BCUT2D eigenvalue weighted by molar-refractivity contribution is 0.0342. The van der Waals surface area contributed by atoms with Crippen molar-refractivity contribution in [3.63, 3.8) is 0 Å². The van der Waals surface area contributed by atoms with Gasteiger partial charge in [-0.05, 0) is 53.8 Å². The van der Waals surface area contributed by atoms with Crippen LogP contribution in [0.3, 0.4) is 0 Å². The molecule has 120 valence electrons. The van der Waals surface area contributed by atoms with E-state index in [1.165, 1.54) is 21.9 Å². The Morgan fingerprint density at radius 1 is 1.00 bits per heavy atom. The highest BCUT2D eigenvalue weighted by Gasteiger charge is 2.21. The van der Waals surface area contributed by atoms with Crippen molar-refractivity contribution in [1.82, 2.24) is 0 Å². The fourth-order valence-corrected chi connectivity index (χ4v) is 3.59. The molecule has 0 spiro atoms. The van der Waals surface area contributed by atoms with E-state index in [0.717, 1.165) is 18.4 Å². The molecule has 0 aromatic heterocycles. The Hall–Kier alpha value is -2.81. The summed E-state index contributed by atoms with van der Waals surface area (Å²) < 4.78 is 5.69. The largest absolute Gasteiger partial charge is 0.454 e. The normalized spacial score (nSPS) is 13.9. The zero-order valence-corrected chi connectivity index (χ0v) is 13.6. The molecule has 24 heavy (non-hydrogen) atoms. The lowest BCUT2D eigenvalue weighted by atomic mass is 9.97. The molecule has 0 amide bonds. The Labute approximate surface area is 141 Å². The Bertz CT molecular complexity index is 935. The molecule has 0 heterocycles. The smallest absolute Gasteiger partial charge is 0.340 e. The summed E-state index contributed by atoms with van der Waals surface area (Å²) in [4.78, 5) is 12.4. The van der Waals surface area contributed by atoms with E-state index in [-0.39, 0.29) is 12.1 Å². The molecular weight excluding hydrogens is 298 g/mol. The summed E-state index contributed by atoms with van der Waals surface area (Å²) in [5.41, 5.74) is 10.5. The van der Waals surface area contributed by atoms with Gasteiger partial charge in [0.25, 0.3) is 0 Å². The van der Waals surface area contributed by atoms with Crippen LogP contribution >= 0.6 is 0 Å². The van der Waals surface area contributed by atoms with Gasteiger partial charge in [-0.1, -0.05) is 42.5 Å². The number of nitrogens with two attached hydrogens (primary N) is 1. The third kappa shape index (κ3) is 2.33. The zero-order chi connectivity index (χ0) is 16.7. The topological polar surface area (TPSA) is 52.3 Å². The maximum Gasteiger partial charge on any atom is 0.340 e. The Kier molecular flexibility index (Phi) is 3.49. The molecule has 1 unspecified atom stereocenters. The molecule has 0 radical (unpaired) electrons. The maximum absolute atomic E-state index is 12.4. The van der Waals surface area contributed by atoms with Gasteiger partial charge in [-0.2, -0.15) is 0 Å². The fraction of sp³-hybridized carbons (Fsp3) is 0.190. The first kappa shape index (κ1) is 14.8. The predicted molar refractivity (Wildman–Crippen MR) is 96.0 cm³/mol. The molecule has 3 nitrogen and oxygen atoms in total. The SMILES string of the molecule is CC(OC(=O)c1ccccc1N)c1ccc2c3c(cccc13)CC2. The number of nitrogen functional groups attached to an aromatic ring is 1. The lowest BCUT2D eigenvalue weighted by Crippen LogP contribution is -2.11. The van der Waals surface area contributed by atoms with Gasteiger partial charge >= 0.3 is 5.97 Å². The number of carbonyl (C=O) groups is 1. The third-order valence-corrected chi connectivity index (χ3v) is 4.81. The molecule has 3 aromatic carbocycles. The van der Waals surface area contributed by atoms with E-state index in [1.54, 1.807) is 24.3 Å². The summed E-state index contributed by atoms with van der Waals surface area (Å²) in [7, 11) is 0. The van der Waals surface area contributed by atoms with Crippen LogP contribution in [-0.4, -0.2) is 5.97 Å². The van der Waals surface area contributed by atoms with Crippen molar-refractivity contribution >= 4 is 22.4 Å². The number of aryl methyl sites for hydroxylation is 2. The van der Waals surface area contributed by atoms with Crippen LogP contribution in [0.5, 0.6) is 0 Å². The summed E-state index contributed by atoms with van der Waals surface area (Å²) in [6.45, 7) is 1.91. The first-order chi connectivity index (χ1) is 11.6.